The molecule has 0 aliphatic rings. The summed E-state index contributed by atoms with van der Waals surface area (Å²) in [6.45, 7) is -0.564. The number of halogens is 3. The van der Waals surface area contributed by atoms with E-state index in [1.165, 1.54) is 43.7 Å². The third-order valence-electron chi connectivity index (χ3n) is 4.38. The van der Waals surface area contributed by atoms with Gasteiger partial charge in [-0.3, -0.25) is 9.10 Å². The molecule has 0 bridgehead atoms. The number of amides is 1. The number of nitrogens with one attached hydrogen (secondary N) is 1. The Bertz CT molecular complexity index is 1290. The lowest BCUT2D eigenvalue weighted by molar-refractivity contribution is -0.119. The summed E-state index contributed by atoms with van der Waals surface area (Å²) in [6.07, 6.45) is 1.40. The number of hydrogen-bond acceptors (Lipinski definition) is 5. The van der Waals surface area contributed by atoms with Gasteiger partial charge in [-0.05, 0) is 48.5 Å². The van der Waals surface area contributed by atoms with Gasteiger partial charge in [-0.25, -0.2) is 13.8 Å². The molecule has 0 aromatic heterocycles. The second-order valence-electron chi connectivity index (χ2n) is 6.60. The first-order valence-corrected chi connectivity index (χ1v) is 12.4. The van der Waals surface area contributed by atoms with Crippen LogP contribution in [-0.4, -0.2) is 34.2 Å². The molecule has 11 heteroatoms. The van der Waals surface area contributed by atoms with Crippen LogP contribution in [0, 0.1) is 0 Å². The molecule has 0 unspecified atom stereocenters. The Labute approximate surface area is 210 Å². The van der Waals surface area contributed by atoms with E-state index >= 15 is 0 Å². The Morgan fingerprint density at radius 3 is 2.52 bits per heavy atom. The predicted molar refractivity (Wildman–Crippen MR) is 134 cm³/mol. The third kappa shape index (κ3) is 6.26. The molecule has 0 aliphatic heterocycles. The number of rotatable bonds is 8. The largest absolute Gasteiger partial charge is 0.496 e. The SMILES string of the molecule is COc1ccc(Br)cc1/C=N\NC(=O)CN(c1ccc(Cl)cc1Cl)S(=O)(=O)c1ccccc1. The van der Waals surface area contributed by atoms with E-state index in [-0.39, 0.29) is 15.6 Å². The predicted octanol–water partition coefficient (Wildman–Crippen LogP) is 5.11. The molecule has 172 valence electrons. The van der Waals surface area contributed by atoms with Gasteiger partial charge >= 0.3 is 0 Å². The van der Waals surface area contributed by atoms with Gasteiger partial charge in [0.25, 0.3) is 15.9 Å². The highest BCUT2D eigenvalue weighted by Crippen LogP contribution is 2.32. The summed E-state index contributed by atoms with van der Waals surface area (Å²) >= 11 is 15.6. The van der Waals surface area contributed by atoms with E-state index < -0.39 is 22.5 Å². The molecule has 3 rings (SSSR count). The van der Waals surface area contributed by atoms with Crippen LogP contribution >= 0.6 is 39.1 Å². The summed E-state index contributed by atoms with van der Waals surface area (Å²) in [5.74, 6) is -0.122. The molecule has 0 fully saturated rings. The summed E-state index contributed by atoms with van der Waals surface area (Å²) in [5, 5.41) is 4.34. The first-order chi connectivity index (χ1) is 15.7. The zero-order valence-corrected chi connectivity index (χ0v) is 21.1. The van der Waals surface area contributed by atoms with Gasteiger partial charge in [0, 0.05) is 15.1 Å². The zero-order valence-electron chi connectivity index (χ0n) is 17.2. The Morgan fingerprint density at radius 1 is 1.12 bits per heavy atom. The summed E-state index contributed by atoms with van der Waals surface area (Å²) in [7, 11) is -2.60. The molecular formula is C22H18BrCl2N3O4S. The maximum absolute atomic E-state index is 13.3. The molecule has 3 aromatic rings. The average Bonchev–Trinajstić information content (AvgIpc) is 2.78. The van der Waals surface area contributed by atoms with E-state index in [4.69, 9.17) is 27.9 Å². The number of sulfonamides is 1. The van der Waals surface area contributed by atoms with Crippen LogP contribution < -0.4 is 14.5 Å². The minimum absolute atomic E-state index is 0.00573. The Balaban J connectivity index is 1.88. The molecule has 7 nitrogen and oxygen atoms in total. The fraction of sp³-hybridized carbons (Fsp3) is 0.0909. The quantitative estimate of drug-likeness (QED) is 0.301. The van der Waals surface area contributed by atoms with Crippen molar-refractivity contribution < 1.29 is 17.9 Å². The molecule has 0 heterocycles. The number of benzene rings is 3. The minimum atomic E-state index is -4.11. The molecule has 1 N–H and O–H groups in total. The molecule has 0 saturated carbocycles. The number of ether oxygens (including phenoxy) is 1. The van der Waals surface area contributed by atoms with Crippen molar-refractivity contribution in [2.75, 3.05) is 18.0 Å². The first-order valence-electron chi connectivity index (χ1n) is 9.40. The number of hydrazone groups is 1. The average molecular weight is 571 g/mol. The number of hydrogen-bond donors (Lipinski definition) is 1. The maximum atomic E-state index is 13.3. The summed E-state index contributed by atoms with van der Waals surface area (Å²) in [4.78, 5) is 12.7. The summed E-state index contributed by atoms with van der Waals surface area (Å²) in [5.41, 5.74) is 3.06. The van der Waals surface area contributed by atoms with Gasteiger partial charge in [-0.1, -0.05) is 57.3 Å². The molecule has 1 amide bonds. The Morgan fingerprint density at radius 2 is 1.85 bits per heavy atom. The highest BCUT2D eigenvalue weighted by molar-refractivity contribution is 9.10. The molecule has 0 radical (unpaired) electrons. The third-order valence-corrected chi connectivity index (χ3v) is 7.19. The molecule has 0 saturated heterocycles. The fourth-order valence-electron chi connectivity index (χ4n) is 2.85. The summed E-state index contributed by atoms with van der Waals surface area (Å²) < 4.78 is 33.6. The van der Waals surface area contributed by atoms with Crippen LogP contribution in [0.2, 0.25) is 10.0 Å². The topological polar surface area (TPSA) is 88.1 Å². The second kappa shape index (κ2) is 11.0. The van der Waals surface area contributed by atoms with Crippen LogP contribution in [0.25, 0.3) is 0 Å². The first kappa shape index (κ1) is 25.0. The summed E-state index contributed by atoms with van der Waals surface area (Å²) in [6, 6.07) is 17.4. The van der Waals surface area contributed by atoms with Crippen molar-refractivity contribution in [3.8, 4) is 5.75 Å². The highest BCUT2D eigenvalue weighted by Gasteiger charge is 2.28. The van der Waals surface area contributed by atoms with Crippen LogP contribution in [0.15, 0.2) is 81.2 Å². The van der Waals surface area contributed by atoms with E-state index in [9.17, 15) is 13.2 Å². The van der Waals surface area contributed by atoms with E-state index in [1.807, 2.05) is 0 Å². The molecule has 3 aromatic carbocycles. The zero-order chi connectivity index (χ0) is 24.0. The smallest absolute Gasteiger partial charge is 0.264 e. The standard InChI is InChI=1S/C22H18BrCl2N3O4S/c1-32-21-10-7-16(23)11-15(21)13-26-27-22(29)14-28(20-9-8-17(24)12-19(20)25)33(30,31)18-5-3-2-4-6-18/h2-13H,14H2,1H3,(H,27,29)/b26-13-. The number of nitrogens with zero attached hydrogens (tertiary/aromatic N) is 2. The van der Waals surface area contributed by atoms with Crippen molar-refractivity contribution in [2.24, 2.45) is 5.10 Å². The molecule has 0 aliphatic carbocycles. The molecule has 33 heavy (non-hydrogen) atoms. The normalized spacial score (nSPS) is 11.4. The highest BCUT2D eigenvalue weighted by atomic mass is 79.9. The van der Waals surface area contributed by atoms with Gasteiger partial charge in [0.2, 0.25) is 0 Å². The van der Waals surface area contributed by atoms with Crippen molar-refractivity contribution in [3.63, 3.8) is 0 Å². The minimum Gasteiger partial charge on any atom is -0.496 e. The molecular weight excluding hydrogens is 553 g/mol. The van der Waals surface area contributed by atoms with Gasteiger partial charge in [-0.2, -0.15) is 5.10 Å². The molecule has 0 atom stereocenters. The van der Waals surface area contributed by atoms with Crippen molar-refractivity contribution in [1.82, 2.24) is 5.43 Å². The number of methoxy groups -OCH3 is 1. The lowest BCUT2D eigenvalue weighted by atomic mass is 10.2. The van der Waals surface area contributed by atoms with E-state index in [0.29, 0.717) is 16.3 Å². The number of carbonyl (C=O) groups is 1. The van der Waals surface area contributed by atoms with Gasteiger partial charge in [0.05, 0.1) is 28.9 Å². The lowest BCUT2D eigenvalue weighted by Gasteiger charge is -2.24. The van der Waals surface area contributed by atoms with Crippen molar-refractivity contribution in [1.29, 1.82) is 0 Å². The molecule has 0 spiro atoms. The van der Waals surface area contributed by atoms with Crippen LogP contribution in [0.5, 0.6) is 5.75 Å². The number of carbonyl (C=O) groups excluding carboxylic acids is 1. The van der Waals surface area contributed by atoms with Gasteiger partial charge in [0.15, 0.2) is 0 Å². The number of anilines is 1. The Kier molecular flexibility index (Phi) is 8.36. The maximum Gasteiger partial charge on any atom is 0.264 e. The van der Waals surface area contributed by atoms with Crippen LogP contribution in [0.3, 0.4) is 0 Å². The van der Waals surface area contributed by atoms with Crippen molar-refractivity contribution >= 4 is 67.0 Å². The van der Waals surface area contributed by atoms with Crippen LogP contribution in [-0.2, 0) is 14.8 Å². The Hall–Kier alpha value is -2.59. The van der Waals surface area contributed by atoms with Crippen LogP contribution in [0.4, 0.5) is 5.69 Å². The van der Waals surface area contributed by atoms with Gasteiger partial charge < -0.3 is 4.74 Å². The van der Waals surface area contributed by atoms with E-state index in [0.717, 1.165) is 8.78 Å². The van der Waals surface area contributed by atoms with Gasteiger partial charge in [-0.15, -0.1) is 0 Å². The van der Waals surface area contributed by atoms with Crippen LogP contribution in [0.1, 0.15) is 5.56 Å². The van der Waals surface area contributed by atoms with E-state index in [1.54, 1.807) is 36.4 Å². The van der Waals surface area contributed by atoms with Gasteiger partial charge in [0.1, 0.15) is 12.3 Å². The monoisotopic (exact) mass is 569 g/mol. The fourth-order valence-corrected chi connectivity index (χ4v) is 5.25. The second-order valence-corrected chi connectivity index (χ2v) is 10.2. The van der Waals surface area contributed by atoms with E-state index in [2.05, 4.69) is 26.5 Å². The van der Waals surface area contributed by atoms with Crippen molar-refractivity contribution in [2.45, 2.75) is 4.90 Å². The van der Waals surface area contributed by atoms with Crippen molar-refractivity contribution in [3.05, 3.63) is 86.8 Å². The lowest BCUT2D eigenvalue weighted by Crippen LogP contribution is -2.39.